The molecule has 0 aliphatic heterocycles. The molecule has 0 radical (unpaired) electrons. The maximum atomic E-state index is 12.7. The number of rotatable bonds is 6. The van der Waals surface area contributed by atoms with Crippen LogP contribution in [0.4, 0.5) is 10.8 Å². The molecule has 4 rings (SSSR count). The van der Waals surface area contributed by atoms with Crippen molar-refractivity contribution in [3.05, 3.63) is 90.0 Å². The van der Waals surface area contributed by atoms with E-state index >= 15 is 0 Å². The van der Waals surface area contributed by atoms with Gasteiger partial charge in [-0.25, -0.2) is 8.42 Å². The van der Waals surface area contributed by atoms with Crippen LogP contribution in [0.1, 0.15) is 15.9 Å². The second kappa shape index (κ2) is 8.66. The zero-order valence-corrected chi connectivity index (χ0v) is 18.1. The lowest BCUT2D eigenvalue weighted by Crippen LogP contribution is -2.16. The van der Waals surface area contributed by atoms with Gasteiger partial charge in [0.2, 0.25) is 5.13 Å². The average molecular weight is 451 g/mol. The van der Waals surface area contributed by atoms with Crippen molar-refractivity contribution in [3.63, 3.8) is 0 Å². The molecule has 0 saturated carbocycles. The van der Waals surface area contributed by atoms with Gasteiger partial charge in [-0.1, -0.05) is 65.4 Å². The molecule has 0 fully saturated rings. The number of anilines is 2. The highest BCUT2D eigenvalue weighted by atomic mass is 32.2. The van der Waals surface area contributed by atoms with Gasteiger partial charge < -0.3 is 0 Å². The third kappa shape index (κ3) is 4.96. The second-order valence-corrected chi connectivity index (χ2v) is 9.39. The van der Waals surface area contributed by atoms with E-state index in [0.717, 1.165) is 11.1 Å². The number of nitrogens with one attached hydrogen (secondary N) is 2. The predicted molar refractivity (Wildman–Crippen MR) is 122 cm³/mol. The van der Waals surface area contributed by atoms with Gasteiger partial charge in [0.05, 0.1) is 4.90 Å². The summed E-state index contributed by atoms with van der Waals surface area (Å²) in [5.41, 5.74) is 2.57. The summed E-state index contributed by atoms with van der Waals surface area (Å²) < 4.78 is 28.0. The maximum absolute atomic E-state index is 12.7. The molecule has 1 amide bonds. The van der Waals surface area contributed by atoms with Gasteiger partial charge in [0, 0.05) is 16.8 Å². The monoisotopic (exact) mass is 450 g/mol. The van der Waals surface area contributed by atoms with E-state index in [1.54, 1.807) is 18.2 Å². The van der Waals surface area contributed by atoms with Crippen molar-refractivity contribution in [2.24, 2.45) is 0 Å². The molecule has 156 valence electrons. The van der Waals surface area contributed by atoms with Crippen LogP contribution in [-0.2, 0) is 10.0 Å². The van der Waals surface area contributed by atoms with Crippen LogP contribution < -0.4 is 10.0 Å². The van der Waals surface area contributed by atoms with E-state index in [1.807, 2.05) is 49.4 Å². The molecule has 1 heterocycles. The minimum Gasteiger partial charge on any atom is -0.296 e. The number of hydrogen-bond donors (Lipinski definition) is 2. The standard InChI is InChI=1S/C22H18N4O3S2/c1-15-10-12-18(13-11-15)26-31(28,29)19-9-5-8-17(14-19)20(27)23-22-25-24-21(30-22)16-6-3-2-4-7-16/h2-14,26H,1H3,(H,23,25,27). The van der Waals surface area contributed by atoms with Gasteiger partial charge in [-0.2, -0.15) is 0 Å². The van der Waals surface area contributed by atoms with Crippen molar-refractivity contribution in [3.8, 4) is 10.6 Å². The van der Waals surface area contributed by atoms with Crippen molar-refractivity contribution in [2.45, 2.75) is 11.8 Å². The summed E-state index contributed by atoms with van der Waals surface area (Å²) in [7, 11) is -3.84. The van der Waals surface area contributed by atoms with Crippen molar-refractivity contribution in [1.29, 1.82) is 0 Å². The fourth-order valence-corrected chi connectivity index (χ4v) is 4.63. The highest BCUT2D eigenvalue weighted by Crippen LogP contribution is 2.26. The van der Waals surface area contributed by atoms with E-state index in [1.165, 1.54) is 29.5 Å². The molecular formula is C22H18N4O3S2. The first-order valence-electron chi connectivity index (χ1n) is 9.30. The molecular weight excluding hydrogens is 432 g/mol. The number of benzene rings is 3. The first-order chi connectivity index (χ1) is 14.9. The number of sulfonamides is 1. The molecule has 0 aliphatic rings. The maximum Gasteiger partial charge on any atom is 0.261 e. The van der Waals surface area contributed by atoms with Crippen LogP contribution in [0.15, 0.2) is 83.8 Å². The van der Waals surface area contributed by atoms with Crippen LogP contribution in [0, 0.1) is 6.92 Å². The molecule has 31 heavy (non-hydrogen) atoms. The minimum atomic E-state index is -3.84. The van der Waals surface area contributed by atoms with Crippen molar-refractivity contribution < 1.29 is 13.2 Å². The molecule has 0 bridgehead atoms. The first-order valence-corrected chi connectivity index (χ1v) is 11.6. The highest BCUT2D eigenvalue weighted by Gasteiger charge is 2.17. The number of aryl methyl sites for hydroxylation is 1. The largest absolute Gasteiger partial charge is 0.296 e. The lowest BCUT2D eigenvalue weighted by molar-refractivity contribution is 0.102. The van der Waals surface area contributed by atoms with Gasteiger partial charge >= 0.3 is 0 Å². The van der Waals surface area contributed by atoms with Gasteiger partial charge in [-0.15, -0.1) is 10.2 Å². The topological polar surface area (TPSA) is 101 Å². The van der Waals surface area contributed by atoms with Crippen LogP contribution in [-0.4, -0.2) is 24.5 Å². The molecule has 7 nitrogen and oxygen atoms in total. The number of amides is 1. The molecule has 3 aromatic carbocycles. The molecule has 0 unspecified atom stereocenters. The molecule has 1 aromatic heterocycles. The SMILES string of the molecule is Cc1ccc(NS(=O)(=O)c2cccc(C(=O)Nc3nnc(-c4ccccc4)s3)c2)cc1. The Morgan fingerprint density at radius 2 is 1.65 bits per heavy atom. The molecule has 0 saturated heterocycles. The average Bonchev–Trinajstić information content (AvgIpc) is 3.24. The number of nitrogens with zero attached hydrogens (tertiary/aromatic N) is 2. The summed E-state index contributed by atoms with van der Waals surface area (Å²) >= 11 is 1.24. The Labute approximate surface area is 183 Å². The third-order valence-electron chi connectivity index (χ3n) is 4.38. The van der Waals surface area contributed by atoms with Crippen LogP contribution in [0.3, 0.4) is 0 Å². The summed E-state index contributed by atoms with van der Waals surface area (Å²) in [5, 5.41) is 11.8. The van der Waals surface area contributed by atoms with Crippen LogP contribution >= 0.6 is 11.3 Å². The smallest absolute Gasteiger partial charge is 0.261 e. The number of aromatic nitrogens is 2. The van der Waals surface area contributed by atoms with Gasteiger partial charge in [0.25, 0.3) is 15.9 Å². The second-order valence-electron chi connectivity index (χ2n) is 6.73. The minimum absolute atomic E-state index is 0.0111. The molecule has 0 aliphatic carbocycles. The highest BCUT2D eigenvalue weighted by molar-refractivity contribution is 7.92. The lowest BCUT2D eigenvalue weighted by Gasteiger charge is -2.09. The van der Waals surface area contributed by atoms with Crippen molar-refractivity contribution >= 4 is 38.1 Å². The van der Waals surface area contributed by atoms with E-state index in [-0.39, 0.29) is 10.5 Å². The van der Waals surface area contributed by atoms with Crippen molar-refractivity contribution in [2.75, 3.05) is 10.0 Å². The van der Waals surface area contributed by atoms with Gasteiger partial charge in [-0.05, 0) is 37.3 Å². The Morgan fingerprint density at radius 1 is 0.903 bits per heavy atom. The summed E-state index contributed by atoms with van der Waals surface area (Å²) in [6.07, 6.45) is 0. The fraction of sp³-hybridized carbons (Fsp3) is 0.0455. The molecule has 2 N–H and O–H groups in total. The molecule has 0 atom stereocenters. The Bertz CT molecular complexity index is 1320. The van der Waals surface area contributed by atoms with E-state index in [2.05, 4.69) is 20.2 Å². The Balaban J connectivity index is 1.50. The van der Waals surface area contributed by atoms with E-state index in [9.17, 15) is 13.2 Å². The van der Waals surface area contributed by atoms with E-state index < -0.39 is 15.9 Å². The van der Waals surface area contributed by atoms with Crippen LogP contribution in [0.5, 0.6) is 0 Å². The molecule has 9 heteroatoms. The zero-order valence-electron chi connectivity index (χ0n) is 16.4. The third-order valence-corrected chi connectivity index (χ3v) is 6.64. The Morgan fingerprint density at radius 3 is 2.39 bits per heavy atom. The van der Waals surface area contributed by atoms with Gasteiger partial charge in [0.15, 0.2) is 0 Å². The summed E-state index contributed by atoms with van der Waals surface area (Å²) in [5.74, 6) is -0.469. The van der Waals surface area contributed by atoms with Gasteiger partial charge in [0.1, 0.15) is 5.01 Å². The molecule has 4 aromatic rings. The van der Waals surface area contributed by atoms with E-state index in [4.69, 9.17) is 0 Å². The number of carbonyl (C=O) groups is 1. The molecule has 0 spiro atoms. The number of hydrogen-bond acceptors (Lipinski definition) is 6. The summed E-state index contributed by atoms with van der Waals surface area (Å²) in [6.45, 7) is 1.92. The zero-order chi connectivity index (χ0) is 21.8. The summed E-state index contributed by atoms with van der Waals surface area (Å²) in [4.78, 5) is 12.6. The normalized spacial score (nSPS) is 11.1. The van der Waals surface area contributed by atoms with E-state index in [0.29, 0.717) is 15.8 Å². The predicted octanol–water partition coefficient (Wildman–Crippen LogP) is 4.57. The van der Waals surface area contributed by atoms with Crippen LogP contribution in [0.2, 0.25) is 0 Å². The van der Waals surface area contributed by atoms with Crippen LogP contribution in [0.25, 0.3) is 10.6 Å². The summed E-state index contributed by atoms with van der Waals surface area (Å²) in [6, 6.07) is 22.3. The van der Waals surface area contributed by atoms with Crippen molar-refractivity contribution in [1.82, 2.24) is 10.2 Å². The Hall–Kier alpha value is -3.56. The van der Waals surface area contributed by atoms with Gasteiger partial charge in [-0.3, -0.25) is 14.8 Å². The quantitative estimate of drug-likeness (QED) is 0.448. The fourth-order valence-electron chi connectivity index (χ4n) is 2.78. The number of carbonyl (C=O) groups excluding carboxylic acids is 1. The lowest BCUT2D eigenvalue weighted by atomic mass is 10.2. The Kier molecular flexibility index (Phi) is 5.79. The first kappa shape index (κ1) is 20.7.